The second-order valence-corrected chi connectivity index (χ2v) is 5.56. The number of nitrogens with one attached hydrogen (secondary N) is 1. The number of aromatic nitrogens is 2. The average Bonchev–Trinajstić information content (AvgIpc) is 2.93. The molecule has 1 aromatic carbocycles. The molecular formula is C16H19N3O. The normalized spacial score (nSPS) is 17.1. The molecule has 4 nitrogen and oxygen atoms in total. The maximum atomic E-state index is 12.3. The van der Waals surface area contributed by atoms with E-state index in [0.29, 0.717) is 5.69 Å². The van der Waals surface area contributed by atoms with Crippen molar-refractivity contribution in [2.45, 2.75) is 32.7 Å². The summed E-state index contributed by atoms with van der Waals surface area (Å²) in [5.74, 6) is -0.0495. The molecule has 1 aromatic heterocycles. The zero-order valence-electron chi connectivity index (χ0n) is 12.1. The SMILES string of the molecule is Cc1ccc2c(c1)CC[C@H]2NC(=O)c1cc(C)nn1C. The van der Waals surface area contributed by atoms with Gasteiger partial charge >= 0.3 is 0 Å². The number of hydrogen-bond acceptors (Lipinski definition) is 2. The third kappa shape index (κ3) is 2.22. The van der Waals surface area contributed by atoms with Gasteiger partial charge < -0.3 is 5.32 Å². The Morgan fingerprint density at radius 1 is 1.35 bits per heavy atom. The summed E-state index contributed by atoms with van der Waals surface area (Å²) >= 11 is 0. The molecule has 0 fully saturated rings. The minimum atomic E-state index is -0.0495. The Bertz CT molecular complexity index is 672. The van der Waals surface area contributed by atoms with Crippen molar-refractivity contribution < 1.29 is 4.79 Å². The van der Waals surface area contributed by atoms with Gasteiger partial charge in [-0.25, -0.2) is 0 Å². The van der Waals surface area contributed by atoms with E-state index < -0.39 is 0 Å². The molecule has 1 atom stereocenters. The van der Waals surface area contributed by atoms with Crippen molar-refractivity contribution in [1.82, 2.24) is 15.1 Å². The molecule has 0 radical (unpaired) electrons. The summed E-state index contributed by atoms with van der Waals surface area (Å²) in [5, 5.41) is 7.34. The van der Waals surface area contributed by atoms with Crippen molar-refractivity contribution in [3.63, 3.8) is 0 Å². The number of rotatable bonds is 2. The maximum absolute atomic E-state index is 12.3. The van der Waals surface area contributed by atoms with Gasteiger partial charge in [0.1, 0.15) is 5.69 Å². The first-order valence-corrected chi connectivity index (χ1v) is 6.95. The summed E-state index contributed by atoms with van der Waals surface area (Å²) in [5.41, 5.74) is 5.36. The smallest absolute Gasteiger partial charge is 0.270 e. The monoisotopic (exact) mass is 269 g/mol. The standard InChI is InChI=1S/C16H19N3O/c1-10-4-6-13-12(8-10)5-7-14(13)17-16(20)15-9-11(2)18-19(15)3/h4,6,8-9,14H,5,7H2,1-3H3,(H,17,20)/t14-/m1/s1. The highest BCUT2D eigenvalue weighted by Crippen LogP contribution is 2.31. The van der Waals surface area contributed by atoms with Gasteiger partial charge in [-0.1, -0.05) is 23.8 Å². The van der Waals surface area contributed by atoms with Crippen molar-refractivity contribution in [2.75, 3.05) is 0 Å². The molecule has 4 heteroatoms. The molecule has 3 rings (SSSR count). The van der Waals surface area contributed by atoms with E-state index in [1.54, 1.807) is 11.7 Å². The lowest BCUT2D eigenvalue weighted by molar-refractivity contribution is 0.0927. The molecule has 1 aliphatic carbocycles. The molecule has 0 bridgehead atoms. The third-order valence-corrected chi connectivity index (χ3v) is 3.92. The van der Waals surface area contributed by atoms with E-state index in [0.717, 1.165) is 18.5 Å². The maximum Gasteiger partial charge on any atom is 0.270 e. The lowest BCUT2D eigenvalue weighted by atomic mass is 10.1. The Balaban J connectivity index is 1.80. The van der Waals surface area contributed by atoms with E-state index in [4.69, 9.17) is 0 Å². The molecule has 0 saturated carbocycles. The summed E-state index contributed by atoms with van der Waals surface area (Å²) < 4.78 is 1.63. The van der Waals surface area contributed by atoms with Crippen LogP contribution in [-0.4, -0.2) is 15.7 Å². The number of fused-ring (bicyclic) bond motifs is 1. The van der Waals surface area contributed by atoms with Crippen LogP contribution in [0.1, 0.15) is 45.3 Å². The fraction of sp³-hybridized carbons (Fsp3) is 0.375. The molecule has 0 aliphatic heterocycles. The Labute approximate surface area is 118 Å². The molecule has 1 N–H and O–H groups in total. The topological polar surface area (TPSA) is 46.9 Å². The molecule has 2 aromatic rings. The van der Waals surface area contributed by atoms with Gasteiger partial charge in [-0.3, -0.25) is 9.48 Å². The second kappa shape index (κ2) is 4.78. The van der Waals surface area contributed by atoms with E-state index in [1.807, 2.05) is 13.0 Å². The molecule has 20 heavy (non-hydrogen) atoms. The van der Waals surface area contributed by atoms with Crippen molar-refractivity contribution >= 4 is 5.91 Å². The van der Waals surface area contributed by atoms with E-state index >= 15 is 0 Å². The van der Waals surface area contributed by atoms with Crippen LogP contribution in [-0.2, 0) is 13.5 Å². The van der Waals surface area contributed by atoms with Gasteiger partial charge in [0.25, 0.3) is 5.91 Å². The zero-order chi connectivity index (χ0) is 14.3. The van der Waals surface area contributed by atoms with Gasteiger partial charge in [0, 0.05) is 7.05 Å². The van der Waals surface area contributed by atoms with Gasteiger partial charge in [-0.05, 0) is 43.9 Å². The van der Waals surface area contributed by atoms with Gasteiger partial charge in [0.2, 0.25) is 0 Å². The largest absolute Gasteiger partial charge is 0.344 e. The van der Waals surface area contributed by atoms with Crippen molar-refractivity contribution in [3.05, 3.63) is 52.3 Å². The first-order chi connectivity index (χ1) is 9.54. The highest BCUT2D eigenvalue weighted by Gasteiger charge is 2.25. The molecule has 0 saturated heterocycles. The minimum Gasteiger partial charge on any atom is -0.344 e. The van der Waals surface area contributed by atoms with Crippen LogP contribution in [0, 0.1) is 13.8 Å². The molecule has 0 unspecified atom stereocenters. The number of aryl methyl sites for hydroxylation is 4. The highest BCUT2D eigenvalue weighted by molar-refractivity contribution is 5.93. The lowest BCUT2D eigenvalue weighted by Gasteiger charge is -2.14. The van der Waals surface area contributed by atoms with E-state index in [-0.39, 0.29) is 11.9 Å². The van der Waals surface area contributed by atoms with Crippen LogP contribution in [0.4, 0.5) is 0 Å². The fourth-order valence-electron chi connectivity index (χ4n) is 2.95. The zero-order valence-corrected chi connectivity index (χ0v) is 12.1. The van der Waals surface area contributed by atoms with Crippen LogP contribution >= 0.6 is 0 Å². The number of amides is 1. The Morgan fingerprint density at radius 3 is 2.85 bits per heavy atom. The predicted octanol–water partition coefficient (Wildman–Crippen LogP) is 2.45. The molecular weight excluding hydrogens is 250 g/mol. The number of nitrogens with zero attached hydrogens (tertiary/aromatic N) is 2. The molecule has 0 spiro atoms. The van der Waals surface area contributed by atoms with E-state index in [2.05, 4.69) is 35.5 Å². The Hall–Kier alpha value is -2.10. The van der Waals surface area contributed by atoms with Crippen LogP contribution in [0.2, 0.25) is 0 Å². The fourth-order valence-corrected chi connectivity index (χ4v) is 2.95. The average molecular weight is 269 g/mol. The Morgan fingerprint density at radius 2 is 2.15 bits per heavy atom. The van der Waals surface area contributed by atoms with Crippen LogP contribution in [0.25, 0.3) is 0 Å². The van der Waals surface area contributed by atoms with Crippen LogP contribution in [0.5, 0.6) is 0 Å². The summed E-state index contributed by atoms with van der Waals surface area (Å²) in [6.45, 7) is 4.00. The second-order valence-electron chi connectivity index (χ2n) is 5.56. The summed E-state index contributed by atoms with van der Waals surface area (Å²) in [6, 6.07) is 8.40. The lowest BCUT2D eigenvalue weighted by Crippen LogP contribution is -2.28. The molecule has 1 heterocycles. The van der Waals surface area contributed by atoms with Gasteiger partial charge in [0.15, 0.2) is 0 Å². The summed E-state index contributed by atoms with van der Waals surface area (Å²) in [4.78, 5) is 12.3. The number of carbonyl (C=O) groups excluding carboxylic acids is 1. The molecule has 1 amide bonds. The summed E-state index contributed by atoms with van der Waals surface area (Å²) in [6.07, 6.45) is 2.01. The predicted molar refractivity (Wildman–Crippen MR) is 77.7 cm³/mol. The quantitative estimate of drug-likeness (QED) is 0.910. The number of hydrogen-bond donors (Lipinski definition) is 1. The third-order valence-electron chi connectivity index (χ3n) is 3.92. The first kappa shape index (κ1) is 12.9. The Kier molecular flexibility index (Phi) is 3.08. The van der Waals surface area contributed by atoms with Crippen molar-refractivity contribution in [3.8, 4) is 0 Å². The van der Waals surface area contributed by atoms with Gasteiger partial charge in [-0.15, -0.1) is 0 Å². The molecule has 1 aliphatic rings. The van der Waals surface area contributed by atoms with Gasteiger partial charge in [-0.2, -0.15) is 5.10 Å². The first-order valence-electron chi connectivity index (χ1n) is 6.95. The van der Waals surface area contributed by atoms with Crippen LogP contribution in [0.15, 0.2) is 24.3 Å². The van der Waals surface area contributed by atoms with E-state index in [9.17, 15) is 4.79 Å². The highest BCUT2D eigenvalue weighted by atomic mass is 16.2. The molecule has 104 valence electrons. The minimum absolute atomic E-state index is 0.0495. The van der Waals surface area contributed by atoms with Gasteiger partial charge in [0.05, 0.1) is 11.7 Å². The van der Waals surface area contributed by atoms with E-state index in [1.165, 1.54) is 16.7 Å². The number of benzene rings is 1. The van der Waals surface area contributed by atoms with Crippen molar-refractivity contribution in [1.29, 1.82) is 0 Å². The number of carbonyl (C=O) groups is 1. The van der Waals surface area contributed by atoms with Crippen LogP contribution < -0.4 is 5.32 Å². The summed E-state index contributed by atoms with van der Waals surface area (Å²) in [7, 11) is 1.80. The van der Waals surface area contributed by atoms with Crippen LogP contribution in [0.3, 0.4) is 0 Å². The van der Waals surface area contributed by atoms with Crippen molar-refractivity contribution in [2.24, 2.45) is 7.05 Å².